The quantitative estimate of drug-likeness (QED) is 0.909. The number of carbonyl (C=O) groups excluding carboxylic acids is 2. The standard InChI is InChI=1S/C13H16N2O2S/c1-10-2-4-11(5-3-10)14-12(16)6-7-15-8-9-18-13(15)17/h2-5H,6-9H2,1H3,(H,14,16). The van der Waals surface area contributed by atoms with E-state index in [1.807, 2.05) is 31.2 Å². The van der Waals surface area contributed by atoms with Gasteiger partial charge >= 0.3 is 0 Å². The zero-order chi connectivity index (χ0) is 13.0. The van der Waals surface area contributed by atoms with Crippen LogP contribution in [0.5, 0.6) is 0 Å². The van der Waals surface area contributed by atoms with Gasteiger partial charge in [-0.05, 0) is 19.1 Å². The average Bonchev–Trinajstić information content (AvgIpc) is 2.75. The highest BCUT2D eigenvalue weighted by Gasteiger charge is 2.21. The first kappa shape index (κ1) is 13.0. The Balaban J connectivity index is 1.78. The van der Waals surface area contributed by atoms with Crippen molar-refractivity contribution in [3.63, 3.8) is 0 Å². The highest BCUT2D eigenvalue weighted by molar-refractivity contribution is 8.13. The Hall–Kier alpha value is -1.49. The predicted molar refractivity (Wildman–Crippen MR) is 73.9 cm³/mol. The van der Waals surface area contributed by atoms with Crippen LogP contribution in [-0.4, -0.2) is 34.9 Å². The van der Waals surface area contributed by atoms with Crippen molar-refractivity contribution in [2.45, 2.75) is 13.3 Å². The highest BCUT2D eigenvalue weighted by Crippen LogP contribution is 2.17. The minimum atomic E-state index is -0.0523. The molecule has 0 aliphatic carbocycles. The molecule has 0 bridgehead atoms. The van der Waals surface area contributed by atoms with E-state index >= 15 is 0 Å². The monoisotopic (exact) mass is 264 g/mol. The molecule has 0 atom stereocenters. The van der Waals surface area contributed by atoms with Crippen molar-refractivity contribution in [2.75, 3.05) is 24.2 Å². The number of hydrogen-bond donors (Lipinski definition) is 1. The summed E-state index contributed by atoms with van der Waals surface area (Å²) in [7, 11) is 0. The Kier molecular flexibility index (Phi) is 4.25. The fourth-order valence-electron chi connectivity index (χ4n) is 1.73. The second-order valence-electron chi connectivity index (χ2n) is 4.27. The molecule has 0 radical (unpaired) electrons. The van der Waals surface area contributed by atoms with E-state index in [0.29, 0.717) is 13.0 Å². The number of amides is 2. The Morgan fingerprint density at radius 3 is 2.72 bits per heavy atom. The van der Waals surface area contributed by atoms with Gasteiger partial charge in [-0.1, -0.05) is 29.5 Å². The number of thioether (sulfide) groups is 1. The van der Waals surface area contributed by atoms with Crippen molar-refractivity contribution in [1.29, 1.82) is 0 Å². The van der Waals surface area contributed by atoms with Gasteiger partial charge in [0, 0.05) is 31.0 Å². The largest absolute Gasteiger partial charge is 0.332 e. The summed E-state index contributed by atoms with van der Waals surface area (Å²) in [6.07, 6.45) is 0.347. The molecule has 96 valence electrons. The number of aryl methyl sites for hydroxylation is 1. The van der Waals surface area contributed by atoms with Gasteiger partial charge in [0.2, 0.25) is 5.91 Å². The maximum Gasteiger partial charge on any atom is 0.281 e. The lowest BCUT2D eigenvalue weighted by Crippen LogP contribution is -2.27. The average molecular weight is 264 g/mol. The zero-order valence-electron chi connectivity index (χ0n) is 10.3. The molecule has 1 fully saturated rings. The van der Waals surface area contributed by atoms with Crippen LogP contribution in [0.25, 0.3) is 0 Å². The fourth-order valence-corrected chi connectivity index (χ4v) is 2.58. The number of anilines is 1. The van der Waals surface area contributed by atoms with Gasteiger partial charge in [-0.15, -0.1) is 0 Å². The minimum absolute atomic E-state index is 0.0523. The summed E-state index contributed by atoms with van der Waals surface area (Å²) in [5, 5.41) is 2.91. The van der Waals surface area contributed by atoms with Gasteiger partial charge < -0.3 is 10.2 Å². The van der Waals surface area contributed by atoms with Crippen molar-refractivity contribution in [1.82, 2.24) is 4.90 Å². The van der Waals surface area contributed by atoms with Crippen LogP contribution in [0, 0.1) is 6.92 Å². The molecule has 1 aliphatic heterocycles. The lowest BCUT2D eigenvalue weighted by molar-refractivity contribution is -0.116. The van der Waals surface area contributed by atoms with E-state index in [4.69, 9.17) is 0 Å². The lowest BCUT2D eigenvalue weighted by atomic mass is 10.2. The SMILES string of the molecule is Cc1ccc(NC(=O)CCN2CCSC2=O)cc1. The molecule has 0 spiro atoms. The molecule has 4 nitrogen and oxygen atoms in total. The maximum atomic E-state index is 11.7. The van der Waals surface area contributed by atoms with Gasteiger partial charge in [-0.2, -0.15) is 0 Å². The summed E-state index contributed by atoms with van der Waals surface area (Å²) in [6.45, 7) is 3.26. The van der Waals surface area contributed by atoms with E-state index in [2.05, 4.69) is 5.32 Å². The van der Waals surface area contributed by atoms with Crippen molar-refractivity contribution >= 4 is 28.6 Å². The van der Waals surface area contributed by atoms with E-state index in [9.17, 15) is 9.59 Å². The van der Waals surface area contributed by atoms with E-state index in [0.717, 1.165) is 23.5 Å². The first-order valence-corrected chi connectivity index (χ1v) is 6.92. The first-order chi connectivity index (χ1) is 8.65. The zero-order valence-corrected chi connectivity index (χ0v) is 11.1. The van der Waals surface area contributed by atoms with E-state index in [1.54, 1.807) is 4.90 Å². The van der Waals surface area contributed by atoms with E-state index in [1.165, 1.54) is 11.8 Å². The Morgan fingerprint density at radius 2 is 2.11 bits per heavy atom. The molecule has 0 aromatic heterocycles. The van der Waals surface area contributed by atoms with Crippen molar-refractivity contribution in [3.8, 4) is 0 Å². The summed E-state index contributed by atoms with van der Waals surface area (Å²) >= 11 is 1.32. The predicted octanol–water partition coefficient (Wildman–Crippen LogP) is 2.49. The molecule has 18 heavy (non-hydrogen) atoms. The molecule has 1 saturated heterocycles. The molecule has 1 aromatic rings. The normalized spacial score (nSPS) is 14.9. The highest BCUT2D eigenvalue weighted by atomic mass is 32.2. The summed E-state index contributed by atoms with van der Waals surface area (Å²) < 4.78 is 0. The molecule has 1 aliphatic rings. The van der Waals surface area contributed by atoms with Gasteiger partial charge in [0.25, 0.3) is 5.24 Å². The summed E-state index contributed by atoms with van der Waals surface area (Å²) in [6, 6.07) is 7.67. The minimum Gasteiger partial charge on any atom is -0.332 e. The molecule has 5 heteroatoms. The summed E-state index contributed by atoms with van der Waals surface area (Å²) in [4.78, 5) is 24.8. The molecule has 1 aromatic carbocycles. The molecule has 1 heterocycles. The van der Waals surface area contributed by atoms with Crippen LogP contribution in [0.4, 0.5) is 10.5 Å². The number of rotatable bonds is 4. The van der Waals surface area contributed by atoms with Crippen LogP contribution in [0.3, 0.4) is 0 Å². The second kappa shape index (κ2) is 5.91. The van der Waals surface area contributed by atoms with Gasteiger partial charge in [-0.25, -0.2) is 0 Å². The number of nitrogens with one attached hydrogen (secondary N) is 1. The number of nitrogens with zero attached hydrogens (tertiary/aromatic N) is 1. The van der Waals surface area contributed by atoms with E-state index < -0.39 is 0 Å². The van der Waals surface area contributed by atoms with Crippen molar-refractivity contribution in [3.05, 3.63) is 29.8 Å². The Bertz CT molecular complexity index is 445. The lowest BCUT2D eigenvalue weighted by Gasteiger charge is -2.13. The second-order valence-corrected chi connectivity index (χ2v) is 5.31. The first-order valence-electron chi connectivity index (χ1n) is 5.93. The van der Waals surface area contributed by atoms with Crippen LogP contribution in [0.2, 0.25) is 0 Å². The van der Waals surface area contributed by atoms with Crippen LogP contribution in [0.1, 0.15) is 12.0 Å². The number of carbonyl (C=O) groups is 2. The summed E-state index contributed by atoms with van der Waals surface area (Å²) in [5.74, 6) is 0.779. The van der Waals surface area contributed by atoms with E-state index in [-0.39, 0.29) is 11.1 Å². The molecular weight excluding hydrogens is 248 g/mol. The molecule has 0 unspecified atom stereocenters. The molecular formula is C13H16N2O2S. The maximum absolute atomic E-state index is 11.7. The van der Waals surface area contributed by atoms with Gasteiger partial charge in [0.1, 0.15) is 0 Å². The van der Waals surface area contributed by atoms with Crippen molar-refractivity contribution < 1.29 is 9.59 Å². The van der Waals surface area contributed by atoms with Gasteiger partial charge in [0.05, 0.1) is 0 Å². The molecule has 0 saturated carbocycles. The molecule has 2 amide bonds. The van der Waals surface area contributed by atoms with Crippen LogP contribution < -0.4 is 5.32 Å². The van der Waals surface area contributed by atoms with Crippen LogP contribution >= 0.6 is 11.8 Å². The third kappa shape index (κ3) is 3.50. The third-order valence-corrected chi connectivity index (χ3v) is 3.68. The van der Waals surface area contributed by atoms with Crippen LogP contribution in [0.15, 0.2) is 24.3 Å². The van der Waals surface area contributed by atoms with Gasteiger partial charge in [0.15, 0.2) is 0 Å². The Labute approximate surface area is 111 Å². The number of hydrogen-bond acceptors (Lipinski definition) is 3. The summed E-state index contributed by atoms with van der Waals surface area (Å²) in [5.41, 5.74) is 1.96. The smallest absolute Gasteiger partial charge is 0.281 e. The number of benzene rings is 1. The fraction of sp³-hybridized carbons (Fsp3) is 0.385. The molecule has 2 rings (SSSR count). The Morgan fingerprint density at radius 1 is 1.39 bits per heavy atom. The molecule has 1 N–H and O–H groups in total. The van der Waals surface area contributed by atoms with Crippen LogP contribution in [-0.2, 0) is 4.79 Å². The third-order valence-electron chi connectivity index (χ3n) is 2.79. The topological polar surface area (TPSA) is 49.4 Å². The van der Waals surface area contributed by atoms with Crippen molar-refractivity contribution in [2.24, 2.45) is 0 Å². The van der Waals surface area contributed by atoms with Gasteiger partial charge in [-0.3, -0.25) is 9.59 Å².